The molecule has 1 aromatic carbocycles. The fourth-order valence-corrected chi connectivity index (χ4v) is 3.13. The summed E-state index contributed by atoms with van der Waals surface area (Å²) in [4.78, 5) is 2.49. The zero-order valence-corrected chi connectivity index (χ0v) is 13.1. The summed E-state index contributed by atoms with van der Waals surface area (Å²) in [6.45, 7) is 9.94. The van der Waals surface area contributed by atoms with Gasteiger partial charge in [-0.05, 0) is 35.4 Å². The Kier molecular flexibility index (Phi) is 4.02. The largest absolute Gasteiger partial charge is 0.371 e. The molecule has 2 nitrogen and oxygen atoms in total. The maximum atomic E-state index is 5.69. The maximum Gasteiger partial charge on any atom is 0.0377 e. The number of rotatable bonds is 2. The van der Waals surface area contributed by atoms with Crippen molar-refractivity contribution in [2.24, 2.45) is 17.1 Å². The van der Waals surface area contributed by atoms with Crippen LogP contribution in [0.25, 0.3) is 0 Å². The SMILES string of the molecule is CC(C)(C)C1CCN(c2ccc(CN)c(Br)c2)C1. The molecular weight excluding hydrogens is 288 g/mol. The van der Waals surface area contributed by atoms with E-state index in [4.69, 9.17) is 5.73 Å². The number of nitrogens with two attached hydrogens (primary N) is 1. The van der Waals surface area contributed by atoms with Gasteiger partial charge in [0.1, 0.15) is 0 Å². The summed E-state index contributed by atoms with van der Waals surface area (Å²) in [5.74, 6) is 0.783. The first kappa shape index (κ1) is 13.9. The van der Waals surface area contributed by atoms with Gasteiger partial charge >= 0.3 is 0 Å². The fraction of sp³-hybridized carbons (Fsp3) is 0.600. The topological polar surface area (TPSA) is 29.3 Å². The second-order valence-electron chi connectivity index (χ2n) is 6.28. The summed E-state index contributed by atoms with van der Waals surface area (Å²) < 4.78 is 1.13. The van der Waals surface area contributed by atoms with Crippen LogP contribution in [0.1, 0.15) is 32.8 Å². The van der Waals surface area contributed by atoms with Crippen LogP contribution in [-0.4, -0.2) is 13.1 Å². The van der Waals surface area contributed by atoms with Gasteiger partial charge in [-0.2, -0.15) is 0 Å². The molecule has 1 aliphatic rings. The van der Waals surface area contributed by atoms with Crippen molar-refractivity contribution in [2.45, 2.75) is 33.7 Å². The minimum atomic E-state index is 0.406. The lowest BCUT2D eigenvalue weighted by atomic mass is 9.80. The Bertz CT molecular complexity index is 423. The molecule has 1 unspecified atom stereocenters. The van der Waals surface area contributed by atoms with E-state index in [1.165, 1.54) is 17.7 Å². The summed E-state index contributed by atoms with van der Waals surface area (Å²) in [6.07, 6.45) is 1.29. The predicted octanol–water partition coefficient (Wildman–Crippen LogP) is 3.78. The summed E-state index contributed by atoms with van der Waals surface area (Å²) in [7, 11) is 0. The third-order valence-corrected chi connectivity index (χ3v) is 4.77. The van der Waals surface area contributed by atoms with Gasteiger partial charge in [0.2, 0.25) is 0 Å². The number of benzene rings is 1. The van der Waals surface area contributed by atoms with Gasteiger partial charge in [-0.25, -0.2) is 0 Å². The minimum absolute atomic E-state index is 0.406. The van der Waals surface area contributed by atoms with Crippen LogP contribution in [0.5, 0.6) is 0 Å². The van der Waals surface area contributed by atoms with Gasteiger partial charge in [0.15, 0.2) is 0 Å². The molecule has 1 aliphatic heterocycles. The van der Waals surface area contributed by atoms with Gasteiger partial charge < -0.3 is 10.6 Å². The number of hydrogen-bond donors (Lipinski definition) is 1. The molecule has 3 heteroatoms. The van der Waals surface area contributed by atoms with E-state index in [0.717, 1.165) is 23.5 Å². The van der Waals surface area contributed by atoms with Crippen molar-refractivity contribution in [1.82, 2.24) is 0 Å². The monoisotopic (exact) mass is 310 g/mol. The highest BCUT2D eigenvalue weighted by atomic mass is 79.9. The smallest absolute Gasteiger partial charge is 0.0377 e. The molecule has 18 heavy (non-hydrogen) atoms. The van der Waals surface area contributed by atoms with E-state index >= 15 is 0 Å². The maximum absolute atomic E-state index is 5.69. The van der Waals surface area contributed by atoms with Crippen molar-refractivity contribution >= 4 is 21.6 Å². The molecule has 1 fully saturated rings. The quantitative estimate of drug-likeness (QED) is 0.900. The molecule has 100 valence electrons. The molecule has 0 spiro atoms. The van der Waals surface area contributed by atoms with Crippen LogP contribution in [0.2, 0.25) is 0 Å². The van der Waals surface area contributed by atoms with E-state index in [9.17, 15) is 0 Å². The van der Waals surface area contributed by atoms with Crippen LogP contribution in [0.4, 0.5) is 5.69 Å². The van der Waals surface area contributed by atoms with E-state index in [0.29, 0.717) is 12.0 Å². The van der Waals surface area contributed by atoms with Gasteiger partial charge in [-0.3, -0.25) is 0 Å². The summed E-state index contributed by atoms with van der Waals surface area (Å²) in [6, 6.07) is 6.52. The van der Waals surface area contributed by atoms with E-state index < -0.39 is 0 Å². The Morgan fingerprint density at radius 2 is 2.11 bits per heavy atom. The number of hydrogen-bond acceptors (Lipinski definition) is 2. The van der Waals surface area contributed by atoms with Crippen LogP contribution in [0, 0.1) is 11.3 Å². The minimum Gasteiger partial charge on any atom is -0.371 e. The number of nitrogens with zero attached hydrogens (tertiary/aromatic N) is 1. The summed E-state index contributed by atoms with van der Waals surface area (Å²) in [5, 5.41) is 0. The van der Waals surface area contributed by atoms with E-state index in [1.807, 2.05) is 0 Å². The normalized spacial score (nSPS) is 20.5. The average molecular weight is 311 g/mol. The van der Waals surface area contributed by atoms with Gasteiger partial charge in [0.05, 0.1) is 0 Å². The van der Waals surface area contributed by atoms with Crippen molar-refractivity contribution in [1.29, 1.82) is 0 Å². The number of anilines is 1. The lowest BCUT2D eigenvalue weighted by molar-refractivity contribution is 0.263. The van der Waals surface area contributed by atoms with Crippen LogP contribution < -0.4 is 10.6 Å². The van der Waals surface area contributed by atoms with Gasteiger partial charge in [-0.1, -0.05) is 42.8 Å². The molecule has 0 aromatic heterocycles. The Balaban J connectivity index is 2.12. The standard InChI is InChI=1S/C15H23BrN2/c1-15(2,3)12-6-7-18(10-12)13-5-4-11(9-17)14(16)8-13/h4-5,8,12H,6-7,9-10,17H2,1-3H3. The van der Waals surface area contributed by atoms with Crippen molar-refractivity contribution in [3.05, 3.63) is 28.2 Å². The van der Waals surface area contributed by atoms with Gasteiger partial charge in [-0.15, -0.1) is 0 Å². The number of halogens is 1. The first-order valence-electron chi connectivity index (χ1n) is 6.65. The van der Waals surface area contributed by atoms with E-state index in [1.54, 1.807) is 0 Å². The third kappa shape index (κ3) is 2.89. The predicted molar refractivity (Wildman–Crippen MR) is 81.8 cm³/mol. The second-order valence-corrected chi connectivity index (χ2v) is 7.13. The average Bonchev–Trinajstić information content (AvgIpc) is 2.77. The molecule has 2 N–H and O–H groups in total. The lowest BCUT2D eigenvalue weighted by Gasteiger charge is -2.27. The Morgan fingerprint density at radius 1 is 1.39 bits per heavy atom. The van der Waals surface area contributed by atoms with Gasteiger partial charge in [0, 0.05) is 29.8 Å². The van der Waals surface area contributed by atoms with Crippen molar-refractivity contribution in [2.75, 3.05) is 18.0 Å². The molecule has 1 saturated heterocycles. The Labute approximate surface area is 119 Å². The third-order valence-electron chi connectivity index (χ3n) is 4.03. The molecule has 1 heterocycles. The van der Waals surface area contributed by atoms with Crippen LogP contribution in [0.3, 0.4) is 0 Å². The van der Waals surface area contributed by atoms with E-state index in [-0.39, 0.29) is 0 Å². The highest BCUT2D eigenvalue weighted by Crippen LogP contribution is 2.36. The molecule has 2 rings (SSSR count). The zero-order valence-electron chi connectivity index (χ0n) is 11.5. The van der Waals surface area contributed by atoms with Crippen molar-refractivity contribution in [3.63, 3.8) is 0 Å². The first-order valence-corrected chi connectivity index (χ1v) is 7.44. The molecule has 1 atom stereocenters. The summed E-state index contributed by atoms with van der Waals surface area (Å²) in [5.41, 5.74) is 8.58. The molecular formula is C15H23BrN2. The van der Waals surface area contributed by atoms with Gasteiger partial charge in [0.25, 0.3) is 0 Å². The molecule has 0 saturated carbocycles. The van der Waals surface area contributed by atoms with Crippen molar-refractivity contribution < 1.29 is 0 Å². The van der Waals surface area contributed by atoms with Crippen LogP contribution in [-0.2, 0) is 6.54 Å². The van der Waals surface area contributed by atoms with Crippen LogP contribution >= 0.6 is 15.9 Å². The Morgan fingerprint density at radius 3 is 2.61 bits per heavy atom. The second kappa shape index (κ2) is 5.22. The van der Waals surface area contributed by atoms with Crippen LogP contribution in [0.15, 0.2) is 22.7 Å². The summed E-state index contributed by atoms with van der Waals surface area (Å²) >= 11 is 3.60. The molecule has 0 aliphatic carbocycles. The molecule has 0 amide bonds. The van der Waals surface area contributed by atoms with Crippen molar-refractivity contribution in [3.8, 4) is 0 Å². The fourth-order valence-electron chi connectivity index (χ4n) is 2.60. The zero-order chi connectivity index (χ0) is 13.3. The highest BCUT2D eigenvalue weighted by Gasteiger charge is 2.31. The molecule has 0 radical (unpaired) electrons. The molecule has 1 aromatic rings. The molecule has 0 bridgehead atoms. The lowest BCUT2D eigenvalue weighted by Crippen LogP contribution is -2.25. The first-order chi connectivity index (χ1) is 8.41. The Hall–Kier alpha value is -0.540. The highest BCUT2D eigenvalue weighted by molar-refractivity contribution is 9.10. The van der Waals surface area contributed by atoms with E-state index in [2.05, 4.69) is 59.8 Å².